The molecule has 0 spiro atoms. The minimum absolute atomic E-state index is 0.956. The lowest BCUT2D eigenvalue weighted by Crippen LogP contribution is -1.97. The van der Waals surface area contributed by atoms with Crippen molar-refractivity contribution in [1.82, 2.24) is 4.98 Å². The highest BCUT2D eigenvalue weighted by Gasteiger charge is 2.24. The predicted molar refractivity (Wildman–Crippen MR) is 219 cm³/mol. The first-order valence-corrected chi connectivity index (χ1v) is 17.9. The Balaban J connectivity index is 1.19. The van der Waals surface area contributed by atoms with Gasteiger partial charge in [-0.2, -0.15) is 0 Å². The van der Waals surface area contributed by atoms with Gasteiger partial charge < -0.3 is 0 Å². The molecule has 0 saturated heterocycles. The summed E-state index contributed by atoms with van der Waals surface area (Å²) in [6.45, 7) is 0. The Morgan fingerprint density at radius 2 is 0.750 bits per heavy atom. The van der Waals surface area contributed by atoms with Crippen molar-refractivity contribution in [1.29, 1.82) is 0 Å². The molecule has 1 nitrogen and oxygen atoms in total. The van der Waals surface area contributed by atoms with Gasteiger partial charge in [-0.1, -0.05) is 188 Å². The van der Waals surface area contributed by atoms with Crippen molar-refractivity contribution < 1.29 is 0 Å². The maximum atomic E-state index is 5.42. The van der Waals surface area contributed by atoms with Crippen LogP contribution in [0.15, 0.2) is 200 Å². The molecule has 0 bridgehead atoms. The van der Waals surface area contributed by atoms with E-state index in [0.717, 1.165) is 44.8 Å². The SMILES string of the molecule is c1ccc(-c2cc(-c3ccccc3)c(-c3cccc(-c4ccccc4-c4ccc5c6c(cccc46)-c4ccccc4-5)c3)c(-c3ccccc3)n2)cc1. The van der Waals surface area contributed by atoms with E-state index >= 15 is 0 Å². The normalized spacial score (nSPS) is 11.5. The summed E-state index contributed by atoms with van der Waals surface area (Å²) in [7, 11) is 0. The largest absolute Gasteiger partial charge is 0.247 e. The third-order valence-corrected chi connectivity index (χ3v) is 10.4. The zero-order valence-corrected chi connectivity index (χ0v) is 28.5. The lowest BCUT2D eigenvalue weighted by Gasteiger charge is -2.19. The highest BCUT2D eigenvalue weighted by Crippen LogP contribution is 2.50. The van der Waals surface area contributed by atoms with Crippen LogP contribution in [-0.4, -0.2) is 4.98 Å². The van der Waals surface area contributed by atoms with Crippen molar-refractivity contribution in [3.63, 3.8) is 0 Å². The molecule has 0 unspecified atom stereocenters. The summed E-state index contributed by atoms with van der Waals surface area (Å²) in [4.78, 5) is 5.42. The first-order valence-electron chi connectivity index (χ1n) is 17.9. The fourth-order valence-corrected chi connectivity index (χ4v) is 8.10. The second-order valence-corrected chi connectivity index (χ2v) is 13.4. The summed E-state index contributed by atoms with van der Waals surface area (Å²) in [5, 5.41) is 2.63. The first kappa shape index (κ1) is 30.0. The van der Waals surface area contributed by atoms with Crippen LogP contribution in [0.1, 0.15) is 0 Å². The zero-order chi connectivity index (χ0) is 34.4. The average Bonchev–Trinajstić information content (AvgIpc) is 3.56. The highest BCUT2D eigenvalue weighted by molar-refractivity contribution is 6.19. The summed E-state index contributed by atoms with van der Waals surface area (Å²) in [5.74, 6) is 0. The molecule has 0 atom stereocenters. The lowest BCUT2D eigenvalue weighted by atomic mass is 9.86. The van der Waals surface area contributed by atoms with Crippen molar-refractivity contribution in [2.24, 2.45) is 0 Å². The minimum atomic E-state index is 0.956. The Kier molecular flexibility index (Phi) is 7.22. The molecule has 0 fully saturated rings. The Labute approximate surface area is 304 Å². The molecule has 0 aliphatic heterocycles. The summed E-state index contributed by atoms with van der Waals surface area (Å²) >= 11 is 0. The van der Waals surface area contributed by atoms with Crippen LogP contribution >= 0.6 is 0 Å². The zero-order valence-electron chi connectivity index (χ0n) is 28.5. The lowest BCUT2D eigenvalue weighted by molar-refractivity contribution is 1.32. The number of fused-ring (bicyclic) bond motifs is 3. The van der Waals surface area contributed by atoms with Crippen LogP contribution in [0.25, 0.3) is 100 Å². The van der Waals surface area contributed by atoms with Gasteiger partial charge in [-0.3, -0.25) is 0 Å². The molecule has 52 heavy (non-hydrogen) atoms. The maximum absolute atomic E-state index is 5.42. The van der Waals surface area contributed by atoms with E-state index in [2.05, 4.69) is 200 Å². The molecule has 1 heteroatoms. The van der Waals surface area contributed by atoms with Gasteiger partial charge in [0.05, 0.1) is 11.4 Å². The molecule has 1 aliphatic rings. The number of aromatic nitrogens is 1. The van der Waals surface area contributed by atoms with Gasteiger partial charge in [0, 0.05) is 16.7 Å². The van der Waals surface area contributed by atoms with E-state index in [-0.39, 0.29) is 0 Å². The van der Waals surface area contributed by atoms with Gasteiger partial charge in [0.15, 0.2) is 0 Å². The van der Waals surface area contributed by atoms with Gasteiger partial charge in [-0.15, -0.1) is 0 Å². The summed E-state index contributed by atoms with van der Waals surface area (Å²) in [6.07, 6.45) is 0. The monoisotopic (exact) mass is 659 g/mol. The predicted octanol–water partition coefficient (Wildman–Crippen LogP) is 13.9. The van der Waals surface area contributed by atoms with Gasteiger partial charge in [-0.25, -0.2) is 4.98 Å². The average molecular weight is 660 g/mol. The molecular formula is C51H33N. The van der Waals surface area contributed by atoms with Crippen LogP contribution < -0.4 is 0 Å². The quantitative estimate of drug-likeness (QED) is 0.173. The Morgan fingerprint density at radius 3 is 1.44 bits per heavy atom. The molecule has 10 rings (SSSR count). The molecular weight excluding hydrogens is 627 g/mol. The molecule has 0 amide bonds. The van der Waals surface area contributed by atoms with Gasteiger partial charge in [-0.05, 0) is 84.1 Å². The second kappa shape index (κ2) is 12.5. The number of rotatable bonds is 6. The smallest absolute Gasteiger partial charge is 0.0794 e. The van der Waals surface area contributed by atoms with E-state index in [0.29, 0.717) is 0 Å². The van der Waals surface area contributed by atoms with Crippen molar-refractivity contribution in [2.45, 2.75) is 0 Å². The molecule has 0 N–H and O–H groups in total. The van der Waals surface area contributed by atoms with Crippen LogP contribution in [0, 0.1) is 0 Å². The standard InChI is InChI=1S/C51H33N/c1-4-16-34(17-5-1)47-33-48(35-18-6-2-7-19-35)52-51(36-20-8-3-9-21-36)49(47)38-23-14-22-37(32-38)39-24-10-11-25-40(39)43-30-31-46-42-27-13-12-26-41(42)44-28-15-29-45(43)50(44)46/h1-33H. The fourth-order valence-electron chi connectivity index (χ4n) is 8.10. The number of hydrogen-bond donors (Lipinski definition) is 0. The number of pyridine rings is 1. The van der Waals surface area contributed by atoms with Crippen LogP contribution in [0.3, 0.4) is 0 Å². The van der Waals surface area contributed by atoms with E-state index in [1.165, 1.54) is 55.3 Å². The Morgan fingerprint density at radius 1 is 0.269 bits per heavy atom. The van der Waals surface area contributed by atoms with Gasteiger partial charge in [0.25, 0.3) is 0 Å². The molecule has 0 saturated carbocycles. The molecule has 242 valence electrons. The van der Waals surface area contributed by atoms with Crippen LogP contribution in [0.5, 0.6) is 0 Å². The van der Waals surface area contributed by atoms with E-state index in [1.807, 2.05) is 0 Å². The van der Waals surface area contributed by atoms with Crippen LogP contribution in [0.2, 0.25) is 0 Å². The number of benzene rings is 8. The number of nitrogens with zero attached hydrogens (tertiary/aromatic N) is 1. The van der Waals surface area contributed by atoms with E-state index in [4.69, 9.17) is 4.98 Å². The second-order valence-electron chi connectivity index (χ2n) is 13.4. The fraction of sp³-hybridized carbons (Fsp3) is 0. The summed E-state index contributed by atoms with van der Waals surface area (Å²) in [5.41, 5.74) is 18.8. The van der Waals surface area contributed by atoms with Crippen molar-refractivity contribution in [3.8, 4) is 89.3 Å². The molecule has 9 aromatic rings. The van der Waals surface area contributed by atoms with Crippen molar-refractivity contribution >= 4 is 10.8 Å². The third-order valence-electron chi connectivity index (χ3n) is 10.4. The Bertz CT molecular complexity index is 2670. The first-order chi connectivity index (χ1) is 25.8. The van der Waals surface area contributed by atoms with Crippen molar-refractivity contribution in [2.75, 3.05) is 0 Å². The topological polar surface area (TPSA) is 12.9 Å². The third kappa shape index (κ3) is 4.98. The minimum Gasteiger partial charge on any atom is -0.247 e. The summed E-state index contributed by atoms with van der Waals surface area (Å²) < 4.78 is 0. The Hall–Kier alpha value is -6.83. The van der Waals surface area contributed by atoms with Gasteiger partial charge >= 0.3 is 0 Å². The van der Waals surface area contributed by atoms with Crippen LogP contribution in [-0.2, 0) is 0 Å². The van der Waals surface area contributed by atoms with Crippen molar-refractivity contribution in [3.05, 3.63) is 200 Å². The van der Waals surface area contributed by atoms with E-state index in [1.54, 1.807) is 0 Å². The summed E-state index contributed by atoms with van der Waals surface area (Å²) in [6, 6.07) is 72.1. The highest BCUT2D eigenvalue weighted by atomic mass is 14.7. The molecule has 1 aromatic heterocycles. The molecule has 8 aromatic carbocycles. The van der Waals surface area contributed by atoms with Gasteiger partial charge in [0.1, 0.15) is 0 Å². The molecule has 1 heterocycles. The maximum Gasteiger partial charge on any atom is 0.0794 e. The molecule has 0 radical (unpaired) electrons. The van der Waals surface area contributed by atoms with Gasteiger partial charge in [0.2, 0.25) is 0 Å². The van der Waals surface area contributed by atoms with E-state index < -0.39 is 0 Å². The number of hydrogen-bond acceptors (Lipinski definition) is 1. The van der Waals surface area contributed by atoms with Crippen LogP contribution in [0.4, 0.5) is 0 Å². The molecule has 1 aliphatic carbocycles. The van der Waals surface area contributed by atoms with E-state index in [9.17, 15) is 0 Å².